The molecule has 0 aliphatic carbocycles. The molecule has 0 atom stereocenters. The predicted octanol–water partition coefficient (Wildman–Crippen LogP) is 4.01. The number of carbonyl (C=O) groups is 2. The van der Waals surface area contributed by atoms with Gasteiger partial charge < -0.3 is 15.4 Å². The highest BCUT2D eigenvalue weighted by Gasteiger charge is 2.11. The number of rotatable bonds is 7. The lowest BCUT2D eigenvalue weighted by Gasteiger charge is -2.09. The van der Waals surface area contributed by atoms with Crippen LogP contribution in [0.15, 0.2) is 42.5 Å². The van der Waals surface area contributed by atoms with Gasteiger partial charge in [0.2, 0.25) is 0 Å². The van der Waals surface area contributed by atoms with Crippen molar-refractivity contribution in [3.8, 4) is 0 Å². The summed E-state index contributed by atoms with van der Waals surface area (Å²) in [6, 6.07) is 11.2. The Balaban J connectivity index is 2.04. The largest absolute Gasteiger partial charge is 0.385 e. The number of ether oxygens (including phenoxy) is 1. The Morgan fingerprint density at radius 2 is 1.64 bits per heavy atom. The highest BCUT2D eigenvalue weighted by molar-refractivity contribution is 6.35. The number of hydrogen-bond acceptors (Lipinski definition) is 3. The van der Waals surface area contributed by atoms with E-state index in [9.17, 15) is 9.59 Å². The van der Waals surface area contributed by atoms with Gasteiger partial charge in [-0.15, -0.1) is 0 Å². The van der Waals surface area contributed by atoms with Gasteiger partial charge in [0.05, 0.1) is 0 Å². The van der Waals surface area contributed by atoms with Gasteiger partial charge in [-0.1, -0.05) is 29.3 Å². The lowest BCUT2D eigenvalue weighted by Crippen LogP contribution is -2.25. The number of amides is 2. The summed E-state index contributed by atoms with van der Waals surface area (Å²) in [5.41, 5.74) is 1.26. The zero-order chi connectivity index (χ0) is 18.2. The fourth-order valence-electron chi connectivity index (χ4n) is 2.15. The molecule has 25 heavy (non-hydrogen) atoms. The molecule has 2 aromatic rings. The summed E-state index contributed by atoms with van der Waals surface area (Å²) in [4.78, 5) is 24.5. The van der Waals surface area contributed by atoms with E-state index in [4.69, 9.17) is 27.9 Å². The summed E-state index contributed by atoms with van der Waals surface area (Å²) >= 11 is 11.8. The molecule has 0 aliphatic heterocycles. The van der Waals surface area contributed by atoms with Gasteiger partial charge in [0.25, 0.3) is 11.8 Å². The van der Waals surface area contributed by atoms with E-state index < -0.39 is 0 Å². The molecule has 0 aromatic heterocycles. The summed E-state index contributed by atoms with van der Waals surface area (Å²) < 4.78 is 4.93. The molecule has 2 amide bonds. The van der Waals surface area contributed by atoms with Crippen LogP contribution in [0.25, 0.3) is 0 Å². The van der Waals surface area contributed by atoms with Gasteiger partial charge in [-0.05, 0) is 42.8 Å². The van der Waals surface area contributed by atoms with Gasteiger partial charge in [0, 0.05) is 47.1 Å². The van der Waals surface area contributed by atoms with Crippen LogP contribution in [-0.2, 0) is 4.74 Å². The van der Waals surface area contributed by atoms with Crippen molar-refractivity contribution >= 4 is 40.7 Å². The van der Waals surface area contributed by atoms with Gasteiger partial charge in [0.1, 0.15) is 0 Å². The average Bonchev–Trinajstić information content (AvgIpc) is 2.57. The minimum Gasteiger partial charge on any atom is -0.385 e. The van der Waals surface area contributed by atoms with Crippen LogP contribution < -0.4 is 10.6 Å². The molecule has 0 aliphatic rings. The van der Waals surface area contributed by atoms with Crippen LogP contribution in [0.3, 0.4) is 0 Å². The SMILES string of the molecule is COCCCNC(=O)c1cccc(C(=O)Nc2cc(Cl)cc(Cl)c2)c1. The second-order valence-electron chi connectivity index (χ2n) is 5.30. The maximum absolute atomic E-state index is 12.4. The highest BCUT2D eigenvalue weighted by Crippen LogP contribution is 2.23. The Labute approximate surface area is 156 Å². The maximum Gasteiger partial charge on any atom is 0.255 e. The predicted molar refractivity (Wildman–Crippen MR) is 99.7 cm³/mol. The molecular weight excluding hydrogens is 363 g/mol. The van der Waals surface area contributed by atoms with Crippen LogP contribution in [0.1, 0.15) is 27.1 Å². The van der Waals surface area contributed by atoms with Crippen LogP contribution in [-0.4, -0.2) is 32.1 Å². The molecular formula is C18H18Cl2N2O3. The summed E-state index contributed by atoms with van der Waals surface area (Å²) in [5, 5.41) is 6.34. The normalized spacial score (nSPS) is 10.4. The molecule has 0 radical (unpaired) electrons. The smallest absolute Gasteiger partial charge is 0.255 e. The van der Waals surface area contributed by atoms with E-state index in [1.54, 1.807) is 43.5 Å². The third-order valence-electron chi connectivity index (χ3n) is 3.32. The molecule has 0 unspecified atom stereocenters. The lowest BCUT2D eigenvalue weighted by atomic mass is 10.1. The summed E-state index contributed by atoms with van der Waals surface area (Å²) in [6.07, 6.45) is 0.720. The van der Waals surface area contributed by atoms with E-state index >= 15 is 0 Å². The van der Waals surface area contributed by atoms with Crippen molar-refractivity contribution in [2.45, 2.75) is 6.42 Å². The van der Waals surface area contributed by atoms with E-state index in [2.05, 4.69) is 10.6 Å². The molecule has 0 heterocycles. The zero-order valence-electron chi connectivity index (χ0n) is 13.6. The van der Waals surface area contributed by atoms with Crippen molar-refractivity contribution in [1.29, 1.82) is 0 Å². The van der Waals surface area contributed by atoms with E-state index in [1.165, 1.54) is 6.07 Å². The molecule has 132 valence electrons. The Morgan fingerprint density at radius 1 is 1.00 bits per heavy atom. The topological polar surface area (TPSA) is 67.4 Å². The van der Waals surface area contributed by atoms with Crippen LogP contribution >= 0.6 is 23.2 Å². The first-order valence-electron chi connectivity index (χ1n) is 7.64. The third-order valence-corrected chi connectivity index (χ3v) is 3.75. The number of nitrogens with one attached hydrogen (secondary N) is 2. The summed E-state index contributed by atoms with van der Waals surface area (Å²) in [7, 11) is 1.61. The van der Waals surface area contributed by atoms with Crippen LogP contribution in [0.4, 0.5) is 5.69 Å². The monoisotopic (exact) mass is 380 g/mol. The first-order valence-corrected chi connectivity index (χ1v) is 8.40. The molecule has 2 aromatic carbocycles. The number of benzene rings is 2. The molecule has 0 saturated heterocycles. The second kappa shape index (κ2) is 9.42. The number of hydrogen-bond donors (Lipinski definition) is 2. The number of carbonyl (C=O) groups excluding carboxylic acids is 2. The first kappa shape index (κ1) is 19.2. The molecule has 2 rings (SSSR count). The Bertz CT molecular complexity index is 745. The molecule has 0 spiro atoms. The van der Waals surface area contributed by atoms with E-state index in [-0.39, 0.29) is 11.8 Å². The van der Waals surface area contributed by atoms with E-state index in [0.29, 0.717) is 40.0 Å². The van der Waals surface area contributed by atoms with Crippen molar-refractivity contribution in [3.05, 3.63) is 63.6 Å². The number of methoxy groups -OCH3 is 1. The van der Waals surface area contributed by atoms with Crippen molar-refractivity contribution < 1.29 is 14.3 Å². The van der Waals surface area contributed by atoms with E-state index in [0.717, 1.165) is 6.42 Å². The number of anilines is 1. The van der Waals surface area contributed by atoms with Gasteiger partial charge in [-0.25, -0.2) is 0 Å². The van der Waals surface area contributed by atoms with Crippen molar-refractivity contribution in [2.75, 3.05) is 25.6 Å². The third kappa shape index (κ3) is 6.05. The quantitative estimate of drug-likeness (QED) is 0.712. The van der Waals surface area contributed by atoms with Gasteiger partial charge in [-0.2, -0.15) is 0 Å². The molecule has 5 nitrogen and oxygen atoms in total. The Morgan fingerprint density at radius 3 is 2.28 bits per heavy atom. The Hall–Kier alpha value is -2.08. The van der Waals surface area contributed by atoms with E-state index in [1.807, 2.05) is 0 Å². The van der Waals surface area contributed by atoms with Crippen molar-refractivity contribution in [2.24, 2.45) is 0 Å². The van der Waals surface area contributed by atoms with Gasteiger partial charge in [0.15, 0.2) is 0 Å². The summed E-state index contributed by atoms with van der Waals surface area (Å²) in [5.74, 6) is -0.594. The molecule has 0 saturated carbocycles. The molecule has 2 N–H and O–H groups in total. The first-order chi connectivity index (χ1) is 12.0. The molecule has 0 bridgehead atoms. The minimum atomic E-state index is -0.354. The summed E-state index contributed by atoms with van der Waals surface area (Å²) in [6.45, 7) is 1.08. The lowest BCUT2D eigenvalue weighted by molar-refractivity contribution is 0.0948. The van der Waals surface area contributed by atoms with Crippen LogP contribution in [0, 0.1) is 0 Å². The van der Waals surface area contributed by atoms with Gasteiger partial charge >= 0.3 is 0 Å². The fraction of sp³-hybridized carbons (Fsp3) is 0.222. The number of halogens is 2. The Kier molecular flexibility index (Phi) is 7.25. The average molecular weight is 381 g/mol. The minimum absolute atomic E-state index is 0.239. The highest BCUT2D eigenvalue weighted by atomic mass is 35.5. The molecule has 0 fully saturated rings. The maximum atomic E-state index is 12.4. The van der Waals surface area contributed by atoms with Crippen LogP contribution in [0.2, 0.25) is 10.0 Å². The fourth-order valence-corrected chi connectivity index (χ4v) is 2.68. The van der Waals surface area contributed by atoms with Crippen molar-refractivity contribution in [3.63, 3.8) is 0 Å². The zero-order valence-corrected chi connectivity index (χ0v) is 15.2. The second-order valence-corrected chi connectivity index (χ2v) is 6.17. The standard InChI is InChI=1S/C18H18Cl2N2O3/c1-25-7-3-6-21-17(23)12-4-2-5-13(8-12)18(24)22-16-10-14(19)9-15(20)11-16/h2,4-5,8-11H,3,6-7H2,1H3,(H,21,23)(H,22,24). The van der Waals surface area contributed by atoms with Gasteiger partial charge in [-0.3, -0.25) is 9.59 Å². The molecule has 7 heteroatoms. The van der Waals surface area contributed by atoms with Crippen molar-refractivity contribution in [1.82, 2.24) is 5.32 Å². The van der Waals surface area contributed by atoms with Crippen LogP contribution in [0.5, 0.6) is 0 Å².